The lowest BCUT2D eigenvalue weighted by Gasteiger charge is -2.36. The molecule has 4 nitrogen and oxygen atoms in total. The SMILES string of the molecule is Cc1ccc(Cl)cc1N1CCN(S(=O)(=O)c2ccc3ccccc3c2)CC1. The van der Waals surface area contributed by atoms with Gasteiger partial charge in [-0.15, -0.1) is 0 Å². The predicted molar refractivity (Wildman–Crippen MR) is 111 cm³/mol. The first kappa shape index (κ1) is 18.3. The summed E-state index contributed by atoms with van der Waals surface area (Å²) in [5, 5.41) is 2.67. The quantitative estimate of drug-likeness (QED) is 0.657. The summed E-state index contributed by atoms with van der Waals surface area (Å²) in [7, 11) is -3.50. The zero-order chi connectivity index (χ0) is 19.0. The van der Waals surface area contributed by atoms with Crippen molar-refractivity contribution in [2.45, 2.75) is 11.8 Å². The summed E-state index contributed by atoms with van der Waals surface area (Å²) in [4.78, 5) is 2.56. The average Bonchev–Trinajstić information content (AvgIpc) is 2.69. The second-order valence-corrected chi connectivity index (χ2v) is 9.21. The number of nitrogens with zero attached hydrogens (tertiary/aromatic N) is 2. The van der Waals surface area contributed by atoms with Crippen LogP contribution in [-0.2, 0) is 10.0 Å². The normalized spacial score (nSPS) is 16.0. The molecule has 0 saturated carbocycles. The molecule has 1 heterocycles. The molecule has 0 aliphatic carbocycles. The van der Waals surface area contributed by atoms with Crippen molar-refractivity contribution in [2.24, 2.45) is 0 Å². The Morgan fingerprint density at radius 1 is 0.852 bits per heavy atom. The first-order valence-electron chi connectivity index (χ1n) is 8.95. The lowest BCUT2D eigenvalue weighted by atomic mass is 10.1. The van der Waals surface area contributed by atoms with Crippen LogP contribution in [0.5, 0.6) is 0 Å². The smallest absolute Gasteiger partial charge is 0.243 e. The number of piperazine rings is 1. The predicted octanol–water partition coefficient (Wildman–Crippen LogP) is 4.31. The number of anilines is 1. The molecule has 0 unspecified atom stereocenters. The fourth-order valence-electron chi connectivity index (χ4n) is 3.57. The molecule has 6 heteroatoms. The Morgan fingerprint density at radius 2 is 1.56 bits per heavy atom. The van der Waals surface area contributed by atoms with E-state index in [0.29, 0.717) is 36.1 Å². The van der Waals surface area contributed by atoms with Gasteiger partial charge in [0.25, 0.3) is 0 Å². The number of aryl methyl sites for hydroxylation is 1. The van der Waals surface area contributed by atoms with Gasteiger partial charge in [-0.2, -0.15) is 4.31 Å². The lowest BCUT2D eigenvalue weighted by Crippen LogP contribution is -2.48. The Balaban J connectivity index is 1.55. The molecule has 1 aliphatic heterocycles. The number of sulfonamides is 1. The first-order chi connectivity index (χ1) is 12.9. The van der Waals surface area contributed by atoms with Crippen LogP contribution in [0.4, 0.5) is 5.69 Å². The van der Waals surface area contributed by atoms with E-state index in [-0.39, 0.29) is 0 Å². The van der Waals surface area contributed by atoms with Crippen molar-refractivity contribution < 1.29 is 8.42 Å². The van der Waals surface area contributed by atoms with Gasteiger partial charge in [0.1, 0.15) is 0 Å². The van der Waals surface area contributed by atoms with Gasteiger partial charge < -0.3 is 4.90 Å². The van der Waals surface area contributed by atoms with Crippen LogP contribution in [0.15, 0.2) is 65.6 Å². The van der Waals surface area contributed by atoms with Gasteiger partial charge >= 0.3 is 0 Å². The van der Waals surface area contributed by atoms with Crippen LogP contribution < -0.4 is 4.90 Å². The van der Waals surface area contributed by atoms with Gasteiger partial charge in [-0.3, -0.25) is 0 Å². The van der Waals surface area contributed by atoms with Gasteiger partial charge in [-0.1, -0.05) is 48.0 Å². The Kier molecular flexibility index (Phi) is 4.84. The third-order valence-electron chi connectivity index (χ3n) is 5.11. The van der Waals surface area contributed by atoms with Gasteiger partial charge in [0, 0.05) is 36.9 Å². The minimum absolute atomic E-state index is 0.355. The second-order valence-electron chi connectivity index (χ2n) is 6.83. The third kappa shape index (κ3) is 3.55. The molecule has 4 rings (SSSR count). The summed E-state index contributed by atoms with van der Waals surface area (Å²) in [6.07, 6.45) is 0. The van der Waals surface area contributed by atoms with E-state index in [1.54, 1.807) is 16.4 Å². The van der Waals surface area contributed by atoms with Crippen molar-refractivity contribution in [1.29, 1.82) is 0 Å². The number of rotatable bonds is 3. The van der Waals surface area contributed by atoms with Crippen molar-refractivity contribution in [1.82, 2.24) is 4.31 Å². The van der Waals surface area contributed by atoms with Gasteiger partial charge in [0.2, 0.25) is 10.0 Å². The van der Waals surface area contributed by atoms with Crippen molar-refractivity contribution >= 4 is 38.1 Å². The molecule has 3 aromatic rings. The fraction of sp³-hybridized carbons (Fsp3) is 0.238. The maximum absolute atomic E-state index is 13.1. The third-order valence-corrected chi connectivity index (χ3v) is 7.24. The van der Waals surface area contributed by atoms with Crippen LogP contribution in [-0.4, -0.2) is 38.9 Å². The van der Waals surface area contributed by atoms with E-state index < -0.39 is 10.0 Å². The molecule has 0 spiro atoms. The number of fused-ring (bicyclic) bond motifs is 1. The van der Waals surface area contributed by atoms with E-state index in [9.17, 15) is 8.42 Å². The Labute approximate surface area is 165 Å². The van der Waals surface area contributed by atoms with Crippen LogP contribution >= 0.6 is 11.6 Å². The summed E-state index contributed by atoms with van der Waals surface area (Å²) >= 11 is 6.13. The van der Waals surface area contributed by atoms with Crippen LogP contribution in [0.3, 0.4) is 0 Å². The van der Waals surface area contributed by atoms with E-state index in [0.717, 1.165) is 22.0 Å². The molecule has 0 aromatic heterocycles. The standard InChI is InChI=1S/C21H21ClN2O2S/c1-16-6-8-19(22)15-21(16)23-10-12-24(13-11-23)27(25,26)20-9-7-17-4-2-3-5-18(17)14-20/h2-9,14-15H,10-13H2,1H3. The summed E-state index contributed by atoms with van der Waals surface area (Å²) in [5.74, 6) is 0. The highest BCUT2D eigenvalue weighted by Gasteiger charge is 2.29. The molecule has 1 aliphatic rings. The minimum atomic E-state index is -3.50. The van der Waals surface area contributed by atoms with Crippen LogP contribution in [0.1, 0.15) is 5.56 Å². The van der Waals surface area contributed by atoms with Crippen LogP contribution in [0.2, 0.25) is 5.02 Å². The molecule has 0 amide bonds. The van der Waals surface area contributed by atoms with Crippen molar-refractivity contribution in [3.05, 3.63) is 71.2 Å². The number of hydrogen-bond donors (Lipinski definition) is 0. The molecule has 0 atom stereocenters. The van der Waals surface area contributed by atoms with Gasteiger partial charge in [-0.05, 0) is 47.5 Å². The highest BCUT2D eigenvalue weighted by Crippen LogP contribution is 2.27. The van der Waals surface area contributed by atoms with Crippen LogP contribution in [0, 0.1) is 6.92 Å². The summed E-state index contributed by atoms with van der Waals surface area (Å²) in [6.45, 7) is 4.26. The monoisotopic (exact) mass is 400 g/mol. The molecule has 27 heavy (non-hydrogen) atoms. The van der Waals surface area contributed by atoms with Gasteiger partial charge in [-0.25, -0.2) is 8.42 Å². The average molecular weight is 401 g/mol. The summed E-state index contributed by atoms with van der Waals surface area (Å²) in [5.41, 5.74) is 2.22. The maximum Gasteiger partial charge on any atom is 0.243 e. The van der Waals surface area contributed by atoms with E-state index in [2.05, 4.69) is 4.90 Å². The first-order valence-corrected chi connectivity index (χ1v) is 10.8. The van der Waals surface area contributed by atoms with E-state index in [1.165, 1.54) is 0 Å². The maximum atomic E-state index is 13.1. The molecule has 0 bridgehead atoms. The summed E-state index contributed by atoms with van der Waals surface area (Å²) < 4.78 is 27.7. The number of halogens is 1. The number of benzene rings is 3. The fourth-order valence-corrected chi connectivity index (χ4v) is 5.19. The molecule has 0 radical (unpaired) electrons. The van der Waals surface area contributed by atoms with Crippen molar-refractivity contribution in [3.8, 4) is 0 Å². The van der Waals surface area contributed by atoms with Gasteiger partial charge in [0.05, 0.1) is 4.90 Å². The lowest BCUT2D eigenvalue weighted by molar-refractivity contribution is 0.385. The molecule has 140 valence electrons. The molecular formula is C21H21ClN2O2S. The van der Waals surface area contributed by atoms with Crippen molar-refractivity contribution in [2.75, 3.05) is 31.1 Å². The summed E-state index contributed by atoms with van der Waals surface area (Å²) in [6, 6.07) is 18.9. The molecule has 1 saturated heterocycles. The Hall–Kier alpha value is -2.08. The zero-order valence-corrected chi connectivity index (χ0v) is 16.7. The highest BCUT2D eigenvalue weighted by atomic mass is 35.5. The Bertz CT molecular complexity index is 1090. The second kappa shape index (κ2) is 7.15. The van der Waals surface area contributed by atoms with Gasteiger partial charge in [0.15, 0.2) is 0 Å². The zero-order valence-electron chi connectivity index (χ0n) is 15.1. The largest absolute Gasteiger partial charge is 0.369 e. The topological polar surface area (TPSA) is 40.6 Å². The number of hydrogen-bond acceptors (Lipinski definition) is 3. The minimum Gasteiger partial charge on any atom is -0.369 e. The van der Waals surface area contributed by atoms with Crippen LogP contribution in [0.25, 0.3) is 10.8 Å². The molecular weight excluding hydrogens is 380 g/mol. The molecule has 0 N–H and O–H groups in total. The van der Waals surface area contributed by atoms with E-state index in [4.69, 9.17) is 11.6 Å². The molecule has 1 fully saturated rings. The molecule has 3 aromatic carbocycles. The van der Waals surface area contributed by atoms with E-state index in [1.807, 2.05) is 55.5 Å². The Morgan fingerprint density at radius 3 is 2.30 bits per heavy atom. The highest BCUT2D eigenvalue weighted by molar-refractivity contribution is 7.89. The van der Waals surface area contributed by atoms with Crippen molar-refractivity contribution in [3.63, 3.8) is 0 Å². The van der Waals surface area contributed by atoms with E-state index >= 15 is 0 Å².